The van der Waals surface area contributed by atoms with Crippen LogP contribution in [0.4, 0.5) is 10.5 Å². The zero-order valence-electron chi connectivity index (χ0n) is 15.2. The van der Waals surface area contributed by atoms with E-state index in [9.17, 15) is 13.2 Å². The van der Waals surface area contributed by atoms with Crippen LogP contribution in [0.5, 0.6) is 0 Å². The molecular formula is C16H15Cl2N7O3S. The number of hydrogen-bond acceptors (Lipinski definition) is 7. The fourth-order valence-corrected chi connectivity index (χ4v) is 4.03. The summed E-state index contributed by atoms with van der Waals surface area (Å²) in [5.74, 6) is 0.711. The molecule has 13 heteroatoms. The van der Waals surface area contributed by atoms with Crippen LogP contribution < -0.4 is 10.6 Å². The molecule has 0 spiro atoms. The second-order valence-corrected chi connectivity index (χ2v) is 8.73. The van der Waals surface area contributed by atoms with Crippen LogP contribution in [0, 0.1) is 0 Å². The third-order valence-corrected chi connectivity index (χ3v) is 5.59. The Morgan fingerprint density at radius 3 is 2.48 bits per heavy atom. The monoisotopic (exact) mass is 455 g/mol. The van der Waals surface area contributed by atoms with E-state index in [0.717, 1.165) is 6.26 Å². The summed E-state index contributed by atoms with van der Waals surface area (Å²) >= 11 is 12.1. The number of carbonyl (C=O) groups excluding carboxylic acids is 1. The van der Waals surface area contributed by atoms with E-state index >= 15 is 0 Å². The lowest BCUT2D eigenvalue weighted by atomic mass is 10.3. The predicted octanol–water partition coefficient (Wildman–Crippen LogP) is 2.65. The first-order chi connectivity index (χ1) is 13.7. The summed E-state index contributed by atoms with van der Waals surface area (Å²) in [5, 5.41) is 9.26. The Morgan fingerprint density at radius 2 is 1.83 bits per heavy atom. The van der Waals surface area contributed by atoms with E-state index in [1.54, 1.807) is 25.4 Å². The van der Waals surface area contributed by atoms with Crippen molar-refractivity contribution in [3.05, 3.63) is 52.8 Å². The second-order valence-electron chi connectivity index (χ2n) is 5.93. The predicted molar refractivity (Wildman–Crippen MR) is 107 cm³/mol. The highest BCUT2D eigenvalue weighted by Crippen LogP contribution is 2.32. The third kappa shape index (κ3) is 4.81. The molecule has 1 unspecified atom stereocenters. The van der Waals surface area contributed by atoms with Crippen LogP contribution in [-0.2, 0) is 9.84 Å². The largest absolute Gasteiger partial charge is 0.328 e. The number of amides is 2. The number of nitrogens with zero attached hydrogens (tertiary/aromatic N) is 5. The lowest BCUT2D eigenvalue weighted by Gasteiger charge is -2.15. The van der Waals surface area contributed by atoms with E-state index in [4.69, 9.17) is 23.2 Å². The lowest BCUT2D eigenvalue weighted by molar-refractivity contribution is 0.248. The van der Waals surface area contributed by atoms with Crippen molar-refractivity contribution in [1.29, 1.82) is 0 Å². The van der Waals surface area contributed by atoms with Crippen LogP contribution >= 0.6 is 23.2 Å². The van der Waals surface area contributed by atoms with Gasteiger partial charge in [-0.1, -0.05) is 23.2 Å². The minimum Gasteiger partial charge on any atom is -0.328 e. The maximum atomic E-state index is 12.4. The van der Waals surface area contributed by atoms with E-state index in [1.165, 1.54) is 23.1 Å². The van der Waals surface area contributed by atoms with Gasteiger partial charge < -0.3 is 10.6 Å². The fraction of sp³-hybridized carbons (Fsp3) is 0.188. The van der Waals surface area contributed by atoms with Crippen LogP contribution in [0.25, 0.3) is 5.95 Å². The van der Waals surface area contributed by atoms with Gasteiger partial charge in [0.25, 0.3) is 5.95 Å². The van der Waals surface area contributed by atoms with Crippen molar-refractivity contribution in [1.82, 2.24) is 30.0 Å². The molecule has 2 N–H and O–H groups in total. The van der Waals surface area contributed by atoms with Crippen LogP contribution in [-0.4, -0.2) is 45.4 Å². The summed E-state index contributed by atoms with van der Waals surface area (Å²) in [7, 11) is -3.56. The molecule has 29 heavy (non-hydrogen) atoms. The highest BCUT2D eigenvalue weighted by molar-refractivity contribution is 7.90. The summed E-state index contributed by atoms with van der Waals surface area (Å²) in [4.78, 5) is 24.6. The number of nitrogens with one attached hydrogen (secondary N) is 2. The number of anilines is 1. The maximum absolute atomic E-state index is 12.4. The molecule has 1 aromatic carbocycles. The van der Waals surface area contributed by atoms with Crippen molar-refractivity contribution in [2.45, 2.75) is 17.9 Å². The zero-order valence-corrected chi connectivity index (χ0v) is 17.5. The number of benzene rings is 1. The van der Waals surface area contributed by atoms with Gasteiger partial charge in [-0.15, -0.1) is 0 Å². The first kappa shape index (κ1) is 21.0. The third-order valence-electron chi connectivity index (χ3n) is 3.72. The van der Waals surface area contributed by atoms with Crippen molar-refractivity contribution >= 4 is 44.8 Å². The summed E-state index contributed by atoms with van der Waals surface area (Å²) in [6.45, 7) is 1.70. The van der Waals surface area contributed by atoms with Gasteiger partial charge in [-0.25, -0.2) is 28.2 Å². The van der Waals surface area contributed by atoms with Crippen molar-refractivity contribution in [2.24, 2.45) is 0 Å². The molecule has 0 radical (unpaired) electrons. The first-order valence-electron chi connectivity index (χ1n) is 8.10. The van der Waals surface area contributed by atoms with Gasteiger partial charge in [0.2, 0.25) is 0 Å². The first-order valence-corrected chi connectivity index (χ1v) is 10.8. The Kier molecular flexibility index (Phi) is 6.01. The quantitative estimate of drug-likeness (QED) is 0.603. The van der Waals surface area contributed by atoms with Gasteiger partial charge in [-0.2, -0.15) is 9.78 Å². The van der Waals surface area contributed by atoms with Gasteiger partial charge in [0.05, 0.1) is 26.7 Å². The Hall–Kier alpha value is -2.76. The number of hydrogen-bond donors (Lipinski definition) is 2. The average molecular weight is 456 g/mol. The normalized spacial score (nSPS) is 12.4. The molecule has 0 aliphatic heterocycles. The SMILES string of the molecule is CC(NC(=O)Nc1cc(Cl)c(S(C)(=O)=O)cc1Cl)c1ncnn1-c1ncccn1. The smallest absolute Gasteiger partial charge is 0.319 e. The molecule has 0 aliphatic carbocycles. The van der Waals surface area contributed by atoms with Gasteiger partial charge in [0.15, 0.2) is 15.7 Å². The standard InChI is InChI=1S/C16H15Cl2N7O3S/c1-9(14-21-8-22-25(14)15-19-4-3-5-20-15)23-16(26)24-12-6-11(18)13(7-10(12)17)29(2,27)28/h3-9H,1-2H3,(H2,23,24,26). The topological polar surface area (TPSA) is 132 Å². The van der Waals surface area contributed by atoms with E-state index in [2.05, 4.69) is 30.7 Å². The molecule has 3 rings (SSSR count). The number of halogens is 2. The molecule has 0 bridgehead atoms. The van der Waals surface area contributed by atoms with Crippen LogP contribution in [0.15, 0.2) is 41.8 Å². The molecule has 0 saturated heterocycles. The van der Waals surface area contributed by atoms with E-state index in [-0.39, 0.29) is 20.6 Å². The molecule has 10 nitrogen and oxygen atoms in total. The zero-order chi connectivity index (χ0) is 21.2. The van der Waals surface area contributed by atoms with Crippen molar-refractivity contribution < 1.29 is 13.2 Å². The van der Waals surface area contributed by atoms with Crippen LogP contribution in [0.1, 0.15) is 18.8 Å². The fourth-order valence-electron chi connectivity index (χ4n) is 2.43. The Morgan fingerprint density at radius 1 is 1.14 bits per heavy atom. The minimum atomic E-state index is -3.56. The number of rotatable bonds is 5. The van der Waals surface area contributed by atoms with Gasteiger partial charge in [-0.3, -0.25) is 0 Å². The molecule has 2 heterocycles. The summed E-state index contributed by atoms with van der Waals surface area (Å²) in [6, 6.07) is 2.95. The molecule has 3 aromatic rings. The highest BCUT2D eigenvalue weighted by Gasteiger charge is 2.20. The van der Waals surface area contributed by atoms with Crippen molar-refractivity contribution in [3.63, 3.8) is 0 Å². The Bertz CT molecular complexity index is 1150. The van der Waals surface area contributed by atoms with E-state index in [1.807, 2.05) is 0 Å². The molecule has 2 aromatic heterocycles. The molecule has 0 aliphatic rings. The Labute approximate surface area is 176 Å². The van der Waals surface area contributed by atoms with E-state index < -0.39 is 21.9 Å². The van der Waals surface area contributed by atoms with Gasteiger partial charge in [-0.05, 0) is 25.1 Å². The number of carbonyl (C=O) groups is 1. The average Bonchev–Trinajstić information content (AvgIpc) is 3.14. The van der Waals surface area contributed by atoms with Gasteiger partial charge >= 0.3 is 6.03 Å². The minimum absolute atomic E-state index is 0.0264. The summed E-state index contributed by atoms with van der Waals surface area (Å²) in [5.41, 5.74) is 0.154. The van der Waals surface area contributed by atoms with Gasteiger partial charge in [0, 0.05) is 18.6 Å². The van der Waals surface area contributed by atoms with Gasteiger partial charge in [0.1, 0.15) is 6.33 Å². The lowest BCUT2D eigenvalue weighted by Crippen LogP contribution is -2.32. The number of urea groups is 1. The Balaban J connectivity index is 1.76. The second kappa shape index (κ2) is 8.31. The number of sulfone groups is 1. The number of aromatic nitrogens is 5. The van der Waals surface area contributed by atoms with Crippen LogP contribution in [0.2, 0.25) is 10.0 Å². The highest BCUT2D eigenvalue weighted by atomic mass is 35.5. The molecule has 0 saturated carbocycles. The van der Waals surface area contributed by atoms with Crippen LogP contribution in [0.3, 0.4) is 0 Å². The summed E-state index contributed by atoms with van der Waals surface area (Å²) < 4.78 is 24.8. The molecule has 152 valence electrons. The molecule has 1 atom stereocenters. The molecular weight excluding hydrogens is 441 g/mol. The van der Waals surface area contributed by atoms with Crippen molar-refractivity contribution in [2.75, 3.05) is 11.6 Å². The maximum Gasteiger partial charge on any atom is 0.319 e. The van der Waals surface area contributed by atoms with E-state index in [0.29, 0.717) is 11.8 Å². The summed E-state index contributed by atoms with van der Waals surface area (Å²) in [6.07, 6.45) is 5.45. The van der Waals surface area contributed by atoms with Crippen molar-refractivity contribution in [3.8, 4) is 5.95 Å². The molecule has 0 fully saturated rings. The molecule has 2 amide bonds.